The highest BCUT2D eigenvalue weighted by molar-refractivity contribution is 6.99. The van der Waals surface area contributed by atoms with Gasteiger partial charge in [-0.3, -0.25) is 0 Å². The van der Waals surface area contributed by atoms with Gasteiger partial charge >= 0.3 is 0 Å². The van der Waals surface area contributed by atoms with E-state index in [1.165, 1.54) is 10.4 Å². The van der Waals surface area contributed by atoms with E-state index in [2.05, 4.69) is 75.9 Å². The van der Waals surface area contributed by atoms with Crippen molar-refractivity contribution in [1.82, 2.24) is 0 Å². The summed E-state index contributed by atoms with van der Waals surface area (Å²) in [4.78, 5) is 0. The number of fused-ring (bicyclic) bond motifs is 1. The van der Waals surface area contributed by atoms with E-state index in [1.807, 2.05) is 32.1 Å². The lowest BCUT2D eigenvalue weighted by atomic mass is 9.94. The molecule has 2 saturated heterocycles. The molecule has 2 heterocycles. The predicted octanol–water partition coefficient (Wildman–Crippen LogP) is 3.79. The summed E-state index contributed by atoms with van der Waals surface area (Å²) in [6, 6.07) is 21.0. The lowest BCUT2D eigenvalue weighted by Gasteiger charge is -2.45. The maximum atomic E-state index is 11.3. The summed E-state index contributed by atoms with van der Waals surface area (Å²) < 4.78 is 25.6. The van der Waals surface area contributed by atoms with Crippen LogP contribution in [0.1, 0.15) is 41.0 Å². The molecule has 6 heteroatoms. The van der Waals surface area contributed by atoms with Crippen LogP contribution in [0.15, 0.2) is 73.3 Å². The van der Waals surface area contributed by atoms with E-state index in [0.717, 1.165) is 0 Å². The number of aliphatic hydroxyl groups is 1. The van der Waals surface area contributed by atoms with Gasteiger partial charge in [0.15, 0.2) is 5.79 Å². The maximum absolute atomic E-state index is 11.3. The van der Waals surface area contributed by atoms with Gasteiger partial charge < -0.3 is 23.7 Å². The molecule has 1 N–H and O–H groups in total. The average molecular weight is 483 g/mol. The number of benzene rings is 2. The number of hydrogen-bond donors (Lipinski definition) is 1. The van der Waals surface area contributed by atoms with Crippen molar-refractivity contribution in [3.63, 3.8) is 0 Å². The van der Waals surface area contributed by atoms with Crippen molar-refractivity contribution in [2.45, 2.75) is 82.4 Å². The molecule has 2 aromatic rings. The van der Waals surface area contributed by atoms with Gasteiger partial charge in [0.25, 0.3) is 8.32 Å². The Morgan fingerprint density at radius 3 is 1.97 bits per heavy atom. The highest BCUT2D eigenvalue weighted by Crippen LogP contribution is 2.40. The van der Waals surface area contributed by atoms with Crippen molar-refractivity contribution in [1.29, 1.82) is 0 Å². The zero-order valence-electron chi connectivity index (χ0n) is 20.9. The minimum absolute atomic E-state index is 0.159. The molecule has 2 aliphatic rings. The van der Waals surface area contributed by atoms with E-state index in [4.69, 9.17) is 18.6 Å². The Hall–Kier alpha value is -1.80. The van der Waals surface area contributed by atoms with Crippen LogP contribution < -0.4 is 10.4 Å². The smallest absolute Gasteiger partial charge is 0.261 e. The fraction of sp³-hybridized carbons (Fsp3) is 0.500. The van der Waals surface area contributed by atoms with Gasteiger partial charge in [-0.15, -0.1) is 6.58 Å². The van der Waals surface area contributed by atoms with Crippen molar-refractivity contribution in [3.05, 3.63) is 73.3 Å². The highest BCUT2D eigenvalue weighted by atomic mass is 28.4. The largest absolute Gasteiger partial charge is 0.405 e. The lowest BCUT2D eigenvalue weighted by Crippen LogP contribution is -2.68. The lowest BCUT2D eigenvalue weighted by molar-refractivity contribution is -0.193. The van der Waals surface area contributed by atoms with Crippen LogP contribution in [0.3, 0.4) is 0 Å². The topological polar surface area (TPSA) is 57.2 Å². The zero-order chi connectivity index (χ0) is 24.6. The number of rotatable bonds is 7. The molecule has 0 saturated carbocycles. The molecule has 0 radical (unpaired) electrons. The van der Waals surface area contributed by atoms with Gasteiger partial charge in [0.2, 0.25) is 0 Å². The fourth-order valence-corrected chi connectivity index (χ4v) is 9.99. The third kappa shape index (κ3) is 4.68. The van der Waals surface area contributed by atoms with E-state index in [0.29, 0.717) is 6.42 Å². The standard InChI is InChI=1S/C28H38O5Si/c1-7-14-22-25-26(33-28(5,6)32-25)24(29)23(31-22)19-30-34(27(2,3)4,20-15-10-8-11-16-20)21-17-12-9-13-18-21/h7-13,15-18,22-26,29H,1,14,19H2,2-6H3/t22-,23-,24-,25-,26+/m1/s1. The van der Waals surface area contributed by atoms with Crippen LogP contribution in [0.2, 0.25) is 5.04 Å². The van der Waals surface area contributed by atoms with Crippen molar-refractivity contribution in [2.75, 3.05) is 6.61 Å². The van der Waals surface area contributed by atoms with E-state index < -0.39 is 32.4 Å². The van der Waals surface area contributed by atoms with Crippen molar-refractivity contribution >= 4 is 18.7 Å². The molecule has 2 fully saturated rings. The Morgan fingerprint density at radius 2 is 1.47 bits per heavy atom. The SMILES string of the molecule is C=CC[C@H]1O[C@H](CO[Si](c2ccccc2)(c2ccccc2)C(C)(C)C)[C@@H](O)[C@@H]2OC(C)(C)O[C@@H]21. The van der Waals surface area contributed by atoms with Crippen LogP contribution in [0.25, 0.3) is 0 Å². The summed E-state index contributed by atoms with van der Waals surface area (Å²) in [6.45, 7) is 14.6. The second kappa shape index (κ2) is 9.68. The first-order chi connectivity index (χ1) is 16.1. The predicted molar refractivity (Wildman–Crippen MR) is 137 cm³/mol. The van der Waals surface area contributed by atoms with Gasteiger partial charge in [-0.2, -0.15) is 0 Å². The zero-order valence-corrected chi connectivity index (χ0v) is 21.9. The van der Waals surface area contributed by atoms with Gasteiger partial charge in [0.05, 0.1) is 12.7 Å². The van der Waals surface area contributed by atoms with Crippen molar-refractivity contribution in [2.24, 2.45) is 0 Å². The van der Waals surface area contributed by atoms with E-state index in [9.17, 15) is 5.11 Å². The molecule has 0 amide bonds. The third-order valence-corrected chi connectivity index (χ3v) is 11.9. The number of ether oxygens (including phenoxy) is 3. The van der Waals surface area contributed by atoms with Crippen LogP contribution >= 0.6 is 0 Å². The Bertz CT molecular complexity index is 916. The Morgan fingerprint density at radius 1 is 0.941 bits per heavy atom. The van der Waals surface area contributed by atoms with Crippen molar-refractivity contribution in [3.8, 4) is 0 Å². The molecule has 5 nitrogen and oxygen atoms in total. The minimum atomic E-state index is -2.75. The van der Waals surface area contributed by atoms with E-state index in [-0.39, 0.29) is 23.9 Å². The molecular weight excluding hydrogens is 444 g/mol. The van der Waals surface area contributed by atoms with Gasteiger partial charge in [0, 0.05) is 0 Å². The maximum Gasteiger partial charge on any atom is 0.261 e. The van der Waals surface area contributed by atoms with Crippen LogP contribution in [-0.4, -0.2) is 56.3 Å². The Balaban J connectivity index is 1.68. The molecule has 0 aliphatic carbocycles. The molecular formula is C28H38O5Si. The van der Waals surface area contributed by atoms with Crippen LogP contribution in [0.4, 0.5) is 0 Å². The number of hydrogen-bond acceptors (Lipinski definition) is 5. The summed E-state index contributed by atoms with van der Waals surface area (Å²) in [5, 5.41) is 13.5. The summed E-state index contributed by atoms with van der Waals surface area (Å²) >= 11 is 0. The summed E-state index contributed by atoms with van der Waals surface area (Å²) in [5.41, 5.74) is 0. The quantitative estimate of drug-likeness (QED) is 0.481. The van der Waals surface area contributed by atoms with E-state index >= 15 is 0 Å². The highest BCUT2D eigenvalue weighted by Gasteiger charge is 2.56. The molecule has 0 aromatic heterocycles. The van der Waals surface area contributed by atoms with Gasteiger partial charge in [0.1, 0.15) is 24.4 Å². The first-order valence-corrected chi connectivity index (χ1v) is 14.0. The monoisotopic (exact) mass is 482 g/mol. The molecule has 2 aromatic carbocycles. The Labute approximate surface area is 204 Å². The van der Waals surface area contributed by atoms with Crippen molar-refractivity contribution < 1.29 is 23.7 Å². The summed E-state index contributed by atoms with van der Waals surface area (Å²) in [5.74, 6) is -0.771. The second-order valence-corrected chi connectivity index (χ2v) is 15.1. The fourth-order valence-electron chi connectivity index (χ4n) is 5.42. The third-order valence-electron chi connectivity index (χ3n) is 6.88. The first-order valence-electron chi connectivity index (χ1n) is 12.1. The summed E-state index contributed by atoms with van der Waals surface area (Å²) in [6.07, 6.45) is -0.0117. The molecule has 0 spiro atoms. The second-order valence-electron chi connectivity index (χ2n) is 10.8. The van der Waals surface area contributed by atoms with E-state index in [1.54, 1.807) is 0 Å². The minimum Gasteiger partial charge on any atom is -0.405 e. The summed E-state index contributed by atoms with van der Waals surface area (Å²) in [7, 11) is -2.75. The van der Waals surface area contributed by atoms with Gasteiger partial charge in [-0.05, 0) is 35.7 Å². The Kier molecular flexibility index (Phi) is 7.21. The molecule has 4 rings (SSSR count). The van der Waals surface area contributed by atoms with Crippen LogP contribution in [0, 0.1) is 0 Å². The average Bonchev–Trinajstić information content (AvgIpc) is 3.13. The molecule has 2 aliphatic heterocycles. The number of aliphatic hydroxyl groups excluding tert-OH is 1. The van der Waals surface area contributed by atoms with Crippen LogP contribution in [-0.2, 0) is 18.6 Å². The molecule has 184 valence electrons. The normalized spacial score (nSPS) is 28.9. The molecule has 0 bridgehead atoms. The molecule has 5 atom stereocenters. The van der Waals surface area contributed by atoms with Crippen LogP contribution in [0.5, 0.6) is 0 Å². The molecule has 0 unspecified atom stereocenters. The van der Waals surface area contributed by atoms with Gasteiger partial charge in [-0.1, -0.05) is 87.5 Å². The molecule has 34 heavy (non-hydrogen) atoms. The first kappa shape index (κ1) is 25.3. The van der Waals surface area contributed by atoms with Gasteiger partial charge in [-0.25, -0.2) is 0 Å².